The van der Waals surface area contributed by atoms with E-state index in [0.29, 0.717) is 0 Å². The summed E-state index contributed by atoms with van der Waals surface area (Å²) in [6.45, 7) is 4.65. The molecule has 0 atom stereocenters. The normalized spacial score (nSPS) is 13.8. The van der Waals surface area contributed by atoms with Gasteiger partial charge in [0.25, 0.3) is 5.91 Å². The van der Waals surface area contributed by atoms with Gasteiger partial charge in [0.15, 0.2) is 11.0 Å². The first kappa shape index (κ1) is 18.7. The summed E-state index contributed by atoms with van der Waals surface area (Å²) in [6.07, 6.45) is 5.75. The van der Waals surface area contributed by atoms with Crippen LogP contribution in [0.2, 0.25) is 0 Å². The van der Waals surface area contributed by atoms with Gasteiger partial charge in [-0.3, -0.25) is 9.78 Å². The van der Waals surface area contributed by atoms with Crippen LogP contribution in [0.4, 0.5) is 0 Å². The summed E-state index contributed by atoms with van der Waals surface area (Å²) < 4.78 is 2.12. The summed E-state index contributed by atoms with van der Waals surface area (Å²) in [5, 5.41) is 9.63. The maximum Gasteiger partial charge on any atom is 0.253 e. The van der Waals surface area contributed by atoms with Crippen molar-refractivity contribution in [2.75, 3.05) is 13.1 Å². The third-order valence-electron chi connectivity index (χ3n) is 4.93. The number of benzene rings is 1. The van der Waals surface area contributed by atoms with E-state index in [1.54, 1.807) is 24.2 Å². The van der Waals surface area contributed by atoms with Crippen LogP contribution in [0.3, 0.4) is 0 Å². The van der Waals surface area contributed by atoms with Gasteiger partial charge in [0.1, 0.15) is 0 Å². The topological polar surface area (TPSA) is 63.9 Å². The summed E-state index contributed by atoms with van der Waals surface area (Å²) in [7, 11) is 0. The van der Waals surface area contributed by atoms with E-state index in [4.69, 9.17) is 0 Å². The molecule has 0 aliphatic carbocycles. The molecule has 1 aliphatic rings. The Hall–Kier alpha value is -2.67. The highest BCUT2D eigenvalue weighted by molar-refractivity contribution is 7.98. The summed E-state index contributed by atoms with van der Waals surface area (Å²) in [5.41, 5.74) is 2.95. The molecule has 1 fully saturated rings. The number of pyridine rings is 1. The largest absolute Gasteiger partial charge is 0.339 e. The molecular weight excluding hydrogens is 370 g/mol. The molecule has 144 valence electrons. The molecule has 0 unspecified atom stereocenters. The van der Waals surface area contributed by atoms with Crippen LogP contribution in [0.25, 0.3) is 11.4 Å². The van der Waals surface area contributed by atoms with Gasteiger partial charge in [-0.15, -0.1) is 10.2 Å². The molecule has 4 rings (SSSR count). The molecule has 0 radical (unpaired) electrons. The number of likely N-dealkylation sites (tertiary alicyclic amines) is 1. The van der Waals surface area contributed by atoms with E-state index in [1.807, 2.05) is 41.3 Å². The van der Waals surface area contributed by atoms with Gasteiger partial charge < -0.3 is 9.47 Å². The standard InChI is InChI=1S/C21H23N5OS/c1-2-26-19(17-9-11-22-12-10-17)23-24-21(26)28-15-16-5-7-18(8-6-16)20(27)25-13-3-4-14-25/h5-12H,2-4,13-15H2,1H3. The molecule has 0 N–H and O–H groups in total. The van der Waals surface area contributed by atoms with Crippen LogP contribution < -0.4 is 0 Å². The fourth-order valence-electron chi connectivity index (χ4n) is 3.39. The molecule has 1 saturated heterocycles. The lowest BCUT2D eigenvalue weighted by molar-refractivity contribution is 0.0793. The number of nitrogens with zero attached hydrogens (tertiary/aromatic N) is 5. The quantitative estimate of drug-likeness (QED) is 0.595. The van der Waals surface area contributed by atoms with Crippen molar-refractivity contribution >= 4 is 17.7 Å². The number of rotatable bonds is 6. The van der Waals surface area contributed by atoms with E-state index in [1.165, 1.54) is 5.56 Å². The third kappa shape index (κ3) is 3.94. The van der Waals surface area contributed by atoms with Crippen molar-refractivity contribution in [3.05, 3.63) is 59.9 Å². The van der Waals surface area contributed by atoms with Crippen LogP contribution in [0, 0.1) is 0 Å². The molecular formula is C21H23N5OS. The van der Waals surface area contributed by atoms with Crippen LogP contribution in [0.15, 0.2) is 53.9 Å². The van der Waals surface area contributed by atoms with Gasteiger partial charge in [-0.25, -0.2) is 0 Å². The van der Waals surface area contributed by atoms with Gasteiger partial charge in [0.2, 0.25) is 0 Å². The minimum absolute atomic E-state index is 0.143. The molecule has 6 nitrogen and oxygen atoms in total. The van der Waals surface area contributed by atoms with Gasteiger partial charge >= 0.3 is 0 Å². The highest BCUT2D eigenvalue weighted by Gasteiger charge is 2.19. The van der Waals surface area contributed by atoms with Gasteiger partial charge in [-0.05, 0) is 49.6 Å². The number of hydrogen-bond acceptors (Lipinski definition) is 5. The fourth-order valence-corrected chi connectivity index (χ4v) is 4.35. The first-order valence-electron chi connectivity index (χ1n) is 9.61. The van der Waals surface area contributed by atoms with Crippen LogP contribution in [-0.4, -0.2) is 43.6 Å². The highest BCUT2D eigenvalue weighted by Crippen LogP contribution is 2.26. The fraction of sp³-hybridized carbons (Fsp3) is 0.333. The zero-order valence-electron chi connectivity index (χ0n) is 15.9. The number of thioether (sulfide) groups is 1. The third-order valence-corrected chi connectivity index (χ3v) is 5.97. The minimum Gasteiger partial charge on any atom is -0.339 e. The van der Waals surface area contributed by atoms with E-state index >= 15 is 0 Å². The summed E-state index contributed by atoms with van der Waals surface area (Å²) >= 11 is 1.66. The number of carbonyl (C=O) groups excluding carboxylic acids is 1. The molecule has 28 heavy (non-hydrogen) atoms. The first-order valence-corrected chi connectivity index (χ1v) is 10.6. The summed E-state index contributed by atoms with van der Waals surface area (Å²) in [6, 6.07) is 11.8. The number of carbonyl (C=O) groups is 1. The zero-order valence-corrected chi connectivity index (χ0v) is 16.7. The Bertz CT molecular complexity index is 933. The van der Waals surface area contributed by atoms with E-state index in [2.05, 4.69) is 26.7 Å². The smallest absolute Gasteiger partial charge is 0.253 e. The second kappa shape index (κ2) is 8.56. The number of hydrogen-bond donors (Lipinski definition) is 0. The summed E-state index contributed by atoms with van der Waals surface area (Å²) in [4.78, 5) is 18.5. The molecule has 1 amide bonds. The maximum absolute atomic E-state index is 12.5. The maximum atomic E-state index is 12.5. The molecule has 3 aromatic rings. The molecule has 7 heteroatoms. The van der Waals surface area contributed by atoms with Gasteiger partial charge in [0.05, 0.1) is 0 Å². The van der Waals surface area contributed by atoms with Gasteiger partial charge in [-0.2, -0.15) is 0 Å². The minimum atomic E-state index is 0.143. The highest BCUT2D eigenvalue weighted by atomic mass is 32.2. The second-order valence-electron chi connectivity index (χ2n) is 6.77. The van der Waals surface area contributed by atoms with Crippen LogP contribution in [0.5, 0.6) is 0 Å². The van der Waals surface area contributed by atoms with Crippen LogP contribution >= 0.6 is 11.8 Å². The Labute approximate surface area is 169 Å². The van der Waals surface area contributed by atoms with Crippen molar-refractivity contribution in [3.8, 4) is 11.4 Å². The number of amides is 1. The Morgan fingerprint density at radius 3 is 2.43 bits per heavy atom. The Morgan fingerprint density at radius 2 is 1.75 bits per heavy atom. The van der Waals surface area contributed by atoms with Crippen LogP contribution in [0.1, 0.15) is 35.7 Å². The second-order valence-corrected chi connectivity index (χ2v) is 7.71. The molecule has 2 aromatic heterocycles. The predicted octanol–water partition coefficient (Wildman–Crippen LogP) is 3.89. The Balaban J connectivity index is 1.43. The average Bonchev–Trinajstić information content (AvgIpc) is 3.42. The molecule has 3 heterocycles. The van der Waals surface area contributed by atoms with Crippen LogP contribution in [-0.2, 0) is 12.3 Å². The zero-order chi connectivity index (χ0) is 19.3. The van der Waals surface area contributed by atoms with E-state index in [0.717, 1.165) is 60.3 Å². The van der Waals surface area contributed by atoms with Crippen molar-refractivity contribution in [1.82, 2.24) is 24.6 Å². The van der Waals surface area contributed by atoms with Crippen molar-refractivity contribution in [1.29, 1.82) is 0 Å². The van der Waals surface area contributed by atoms with E-state index in [-0.39, 0.29) is 5.91 Å². The summed E-state index contributed by atoms with van der Waals surface area (Å²) in [5.74, 6) is 1.79. The molecule has 0 spiro atoms. The van der Waals surface area contributed by atoms with Crippen molar-refractivity contribution in [2.45, 2.75) is 37.2 Å². The monoisotopic (exact) mass is 393 g/mol. The lowest BCUT2D eigenvalue weighted by atomic mass is 10.1. The molecule has 0 saturated carbocycles. The van der Waals surface area contributed by atoms with Crippen molar-refractivity contribution < 1.29 is 4.79 Å². The van der Waals surface area contributed by atoms with Gasteiger partial charge in [0, 0.05) is 48.9 Å². The SMILES string of the molecule is CCn1c(SCc2ccc(C(=O)N3CCCC3)cc2)nnc1-c1ccncc1. The lowest BCUT2D eigenvalue weighted by Gasteiger charge is -2.15. The van der Waals surface area contributed by atoms with Crippen molar-refractivity contribution in [3.63, 3.8) is 0 Å². The van der Waals surface area contributed by atoms with E-state index < -0.39 is 0 Å². The first-order chi connectivity index (χ1) is 13.8. The Kier molecular flexibility index (Phi) is 5.71. The molecule has 0 bridgehead atoms. The van der Waals surface area contributed by atoms with E-state index in [9.17, 15) is 4.79 Å². The molecule has 1 aromatic carbocycles. The predicted molar refractivity (Wildman–Crippen MR) is 110 cm³/mol. The Morgan fingerprint density at radius 1 is 1.04 bits per heavy atom. The molecule has 1 aliphatic heterocycles. The average molecular weight is 394 g/mol. The number of aromatic nitrogens is 4. The van der Waals surface area contributed by atoms with Gasteiger partial charge in [-0.1, -0.05) is 23.9 Å². The lowest BCUT2D eigenvalue weighted by Crippen LogP contribution is -2.27. The van der Waals surface area contributed by atoms with Crippen molar-refractivity contribution in [2.24, 2.45) is 0 Å².